The first-order valence-corrected chi connectivity index (χ1v) is 20.8. The van der Waals surface area contributed by atoms with Crippen molar-refractivity contribution >= 4 is 47.7 Å². The quantitative estimate of drug-likeness (QED) is 0.198. The second-order valence-electron chi connectivity index (χ2n) is 12.3. The van der Waals surface area contributed by atoms with E-state index in [0.717, 1.165) is 10.5 Å². The first kappa shape index (κ1) is 31.5. The number of benzene rings is 3. The molecule has 1 unspecified atom stereocenters. The zero-order valence-electron chi connectivity index (χ0n) is 24.0. The average Bonchev–Trinajstić information content (AvgIpc) is 3.49. The van der Waals surface area contributed by atoms with Gasteiger partial charge in [-0.3, -0.25) is 0 Å². The van der Waals surface area contributed by atoms with Gasteiger partial charge in [0.15, 0.2) is 0 Å². The third-order valence-electron chi connectivity index (χ3n) is 9.23. The minimum Gasteiger partial charge on any atom is -0.147 e. The normalized spacial score (nSPS) is 16.2. The Labute approximate surface area is 249 Å². The molecule has 39 heavy (non-hydrogen) atoms. The van der Waals surface area contributed by atoms with Crippen molar-refractivity contribution in [2.75, 3.05) is 0 Å². The summed E-state index contributed by atoms with van der Waals surface area (Å²) < 4.78 is 11.1. The summed E-state index contributed by atoms with van der Waals surface area (Å²) >= 11 is -4.34. The summed E-state index contributed by atoms with van der Waals surface area (Å²) in [7, 11) is 0. The van der Waals surface area contributed by atoms with Crippen LogP contribution in [0.25, 0.3) is 23.3 Å². The fraction of sp³-hybridized carbons (Fsp3) is 0.250. The Bertz CT molecular complexity index is 1560. The van der Waals surface area contributed by atoms with E-state index in [-0.39, 0.29) is 30.2 Å². The summed E-state index contributed by atoms with van der Waals surface area (Å²) in [6.07, 6.45) is 10.00. The third-order valence-corrected chi connectivity index (χ3v) is 26.5. The zero-order valence-corrected chi connectivity index (χ0v) is 28.1. The van der Waals surface area contributed by atoms with Gasteiger partial charge in [0.25, 0.3) is 0 Å². The molecule has 0 N–H and O–H groups in total. The number of halogens is 2. The number of rotatable bonds is 6. The van der Waals surface area contributed by atoms with Gasteiger partial charge in [-0.15, -0.1) is 24.8 Å². The summed E-state index contributed by atoms with van der Waals surface area (Å²) in [6, 6.07) is 22.9. The molecular formula is C36H42Cl2Zr. The summed E-state index contributed by atoms with van der Waals surface area (Å²) in [4.78, 5) is 0. The van der Waals surface area contributed by atoms with E-state index in [9.17, 15) is 0 Å². The van der Waals surface area contributed by atoms with Gasteiger partial charge < -0.3 is 0 Å². The van der Waals surface area contributed by atoms with Crippen molar-refractivity contribution in [2.24, 2.45) is 11.3 Å². The molecule has 5 rings (SSSR count). The van der Waals surface area contributed by atoms with Crippen LogP contribution in [0.2, 0.25) is 4.13 Å². The van der Waals surface area contributed by atoms with Crippen molar-refractivity contribution < 1.29 is 18.3 Å². The largest absolute Gasteiger partial charge is 0.147 e. The van der Waals surface area contributed by atoms with E-state index < -0.39 is 18.3 Å². The molecule has 0 spiro atoms. The molecule has 0 radical (unpaired) electrons. The zero-order chi connectivity index (χ0) is 26.6. The van der Waals surface area contributed by atoms with Gasteiger partial charge in [-0.1, -0.05) is 0 Å². The Kier molecular flexibility index (Phi) is 8.95. The average molecular weight is 637 g/mol. The molecule has 0 amide bonds. The number of fused-ring (bicyclic) bond motifs is 3. The van der Waals surface area contributed by atoms with Crippen molar-refractivity contribution in [1.29, 1.82) is 0 Å². The topological polar surface area (TPSA) is 0 Å². The SMILES string of the molecule is C=Cc1ccc2c(c1)-c1cc(C=C)c[c]([Zr](=[CH2])([CH2]C)([C]3=CC(C(C)(C)C)=CC3C)[c]3ccccc3)c1C2.Cl.Cl. The van der Waals surface area contributed by atoms with Gasteiger partial charge in [0.2, 0.25) is 0 Å². The maximum absolute atomic E-state index is 5.52. The van der Waals surface area contributed by atoms with E-state index in [1.54, 1.807) is 3.28 Å². The van der Waals surface area contributed by atoms with Crippen LogP contribution in [-0.4, -0.2) is 4.21 Å². The Morgan fingerprint density at radius 1 is 0.897 bits per heavy atom. The van der Waals surface area contributed by atoms with Crippen molar-refractivity contribution in [1.82, 2.24) is 0 Å². The molecule has 0 bridgehead atoms. The molecule has 0 saturated heterocycles. The number of allylic oxidation sites excluding steroid dienone is 4. The summed E-state index contributed by atoms with van der Waals surface area (Å²) in [6.45, 7) is 20.0. The second kappa shape index (κ2) is 11.1. The smallest absolute Gasteiger partial charge is 0.147 e. The molecule has 0 heterocycles. The molecule has 3 heteroatoms. The molecule has 204 valence electrons. The van der Waals surface area contributed by atoms with Crippen molar-refractivity contribution in [3.05, 3.63) is 117 Å². The fourth-order valence-electron chi connectivity index (χ4n) is 6.91. The summed E-state index contributed by atoms with van der Waals surface area (Å²) in [5.41, 5.74) is 9.48. The molecular weight excluding hydrogens is 595 g/mol. The predicted molar refractivity (Wildman–Crippen MR) is 177 cm³/mol. The summed E-state index contributed by atoms with van der Waals surface area (Å²) in [5, 5.41) is 0. The Morgan fingerprint density at radius 2 is 1.54 bits per heavy atom. The van der Waals surface area contributed by atoms with Gasteiger partial charge in [-0.05, 0) is 0 Å². The van der Waals surface area contributed by atoms with Crippen molar-refractivity contribution in [2.45, 2.75) is 45.2 Å². The van der Waals surface area contributed by atoms with Crippen LogP contribution >= 0.6 is 24.8 Å². The number of hydrogen-bond acceptors (Lipinski definition) is 0. The van der Waals surface area contributed by atoms with E-state index in [4.69, 9.17) is 4.21 Å². The van der Waals surface area contributed by atoms with Gasteiger partial charge in [0.05, 0.1) is 0 Å². The third kappa shape index (κ3) is 4.80. The van der Waals surface area contributed by atoms with Crippen molar-refractivity contribution in [3.63, 3.8) is 0 Å². The first-order chi connectivity index (χ1) is 17.5. The van der Waals surface area contributed by atoms with Crippen LogP contribution in [0, 0.1) is 11.3 Å². The molecule has 3 aromatic carbocycles. The molecule has 0 saturated carbocycles. The van der Waals surface area contributed by atoms with E-state index in [2.05, 4.69) is 121 Å². The van der Waals surface area contributed by atoms with Gasteiger partial charge in [0.1, 0.15) is 0 Å². The number of hydrogen-bond donors (Lipinski definition) is 0. The van der Waals surface area contributed by atoms with E-state index >= 15 is 0 Å². The molecule has 1 atom stereocenters. The second-order valence-corrected chi connectivity index (χ2v) is 26.4. The van der Waals surface area contributed by atoms with Gasteiger partial charge in [-0.2, -0.15) is 0 Å². The Hall–Kier alpha value is -2.05. The van der Waals surface area contributed by atoms with Crippen LogP contribution in [0.15, 0.2) is 94.8 Å². The minimum atomic E-state index is -4.34. The predicted octanol–water partition coefficient (Wildman–Crippen LogP) is 9.40. The monoisotopic (exact) mass is 634 g/mol. The first-order valence-electron chi connectivity index (χ1n) is 13.6. The van der Waals surface area contributed by atoms with Crippen LogP contribution in [0.5, 0.6) is 0 Å². The molecule has 0 aromatic heterocycles. The molecule has 2 aliphatic carbocycles. The minimum absolute atomic E-state index is 0. The molecule has 3 aromatic rings. The van der Waals surface area contributed by atoms with E-state index in [0.29, 0.717) is 5.92 Å². The Balaban J connectivity index is 0.00000210. The van der Waals surface area contributed by atoms with Crippen LogP contribution in [0.4, 0.5) is 0 Å². The summed E-state index contributed by atoms with van der Waals surface area (Å²) in [5.74, 6) is 0.372. The maximum Gasteiger partial charge on any atom is -0.147 e. The maximum atomic E-state index is 5.52. The molecule has 0 fully saturated rings. The Morgan fingerprint density at radius 3 is 2.10 bits per heavy atom. The van der Waals surface area contributed by atoms with E-state index in [1.807, 2.05) is 12.2 Å². The van der Waals surface area contributed by atoms with Gasteiger partial charge in [0, 0.05) is 0 Å². The van der Waals surface area contributed by atoms with Crippen LogP contribution < -0.4 is 6.54 Å². The van der Waals surface area contributed by atoms with E-state index in [1.165, 1.54) is 45.5 Å². The van der Waals surface area contributed by atoms with Crippen molar-refractivity contribution in [3.8, 4) is 11.1 Å². The van der Waals surface area contributed by atoms with Gasteiger partial charge in [-0.25, -0.2) is 0 Å². The molecule has 0 nitrogen and oxygen atoms in total. The molecule has 2 aliphatic rings. The van der Waals surface area contributed by atoms with Gasteiger partial charge >= 0.3 is 226 Å². The molecule has 0 aliphatic heterocycles. The fourth-order valence-corrected chi connectivity index (χ4v) is 22.4. The van der Waals surface area contributed by atoms with Crippen LogP contribution in [-0.2, 0) is 24.7 Å². The van der Waals surface area contributed by atoms with Crippen LogP contribution in [0.3, 0.4) is 0 Å². The standard InChI is InChI=1S/C17H13.C10H15.C6H5.C2H5.CH2.2ClH.Zr/c1-3-12-5-7-14-11-15-8-6-13(4-2)10-17(15)16(14)9-12;1-8-5-6-9(7-8)10(2,3)4;1-2-4-6-5-3-1;1-2;;;;/h3-7,9-10H,1-2,11H2;6-8H,1-4H3;1-5H;1H2,2H3;1H2;2*1H;. The van der Waals surface area contributed by atoms with Crippen LogP contribution in [0.1, 0.15) is 56.9 Å².